The molecule has 2 aromatic carbocycles. The molecule has 0 spiro atoms. The van der Waals surface area contributed by atoms with Crippen LogP contribution in [0.4, 0.5) is 4.39 Å². The fourth-order valence-electron chi connectivity index (χ4n) is 4.36. The highest BCUT2D eigenvalue weighted by molar-refractivity contribution is 5.96. The first-order valence-corrected chi connectivity index (χ1v) is 10.1. The summed E-state index contributed by atoms with van der Waals surface area (Å²) in [6, 6.07) is 14.3. The molecule has 2 aliphatic rings. The van der Waals surface area contributed by atoms with Gasteiger partial charge in [0.15, 0.2) is 0 Å². The standard InChI is InChI=1S/C23H27FN2O2/c1-17-9-10-19(24)15-20(17)23(27)26-13-14-28-21(16-25-11-5-6-12-25)22(26)18-7-3-2-4-8-18/h2-4,7-10,15,21-22H,5-6,11-14,16H2,1H3/t21-,22-/m0/s1. The molecule has 4 rings (SSSR count). The Labute approximate surface area is 165 Å². The molecule has 4 nitrogen and oxygen atoms in total. The van der Waals surface area contributed by atoms with Gasteiger partial charge in [0.25, 0.3) is 5.91 Å². The van der Waals surface area contributed by atoms with Gasteiger partial charge in [-0.25, -0.2) is 4.39 Å². The van der Waals surface area contributed by atoms with E-state index in [-0.39, 0.29) is 23.9 Å². The van der Waals surface area contributed by atoms with E-state index in [1.165, 1.54) is 25.0 Å². The van der Waals surface area contributed by atoms with Crippen molar-refractivity contribution in [3.8, 4) is 0 Å². The molecule has 0 radical (unpaired) electrons. The van der Waals surface area contributed by atoms with Gasteiger partial charge in [0.05, 0.1) is 18.8 Å². The van der Waals surface area contributed by atoms with Crippen molar-refractivity contribution >= 4 is 5.91 Å². The van der Waals surface area contributed by atoms with E-state index in [1.54, 1.807) is 6.07 Å². The molecular weight excluding hydrogens is 355 g/mol. The maximum Gasteiger partial charge on any atom is 0.254 e. The molecule has 2 atom stereocenters. The SMILES string of the molecule is Cc1ccc(F)cc1C(=O)N1CCO[C@@H](CN2CCCC2)[C@@H]1c1ccccc1. The molecule has 1 amide bonds. The number of carbonyl (C=O) groups excluding carboxylic acids is 1. The number of ether oxygens (including phenoxy) is 1. The summed E-state index contributed by atoms with van der Waals surface area (Å²) in [6.07, 6.45) is 2.34. The second-order valence-electron chi connectivity index (χ2n) is 7.73. The van der Waals surface area contributed by atoms with Crippen molar-refractivity contribution in [1.29, 1.82) is 0 Å². The van der Waals surface area contributed by atoms with Gasteiger partial charge in [-0.2, -0.15) is 0 Å². The summed E-state index contributed by atoms with van der Waals surface area (Å²) in [5.41, 5.74) is 2.29. The molecule has 2 aliphatic heterocycles. The smallest absolute Gasteiger partial charge is 0.254 e. The number of hydrogen-bond acceptors (Lipinski definition) is 3. The average molecular weight is 382 g/mol. The molecule has 0 aromatic heterocycles. The lowest BCUT2D eigenvalue weighted by Crippen LogP contribution is -2.51. The lowest BCUT2D eigenvalue weighted by molar-refractivity contribution is -0.0707. The molecular formula is C23H27FN2O2. The van der Waals surface area contributed by atoms with Crippen LogP contribution >= 0.6 is 0 Å². The number of halogens is 1. The molecule has 0 N–H and O–H groups in total. The van der Waals surface area contributed by atoms with Gasteiger partial charge in [-0.15, -0.1) is 0 Å². The molecule has 148 valence electrons. The van der Waals surface area contributed by atoms with Crippen molar-refractivity contribution in [3.63, 3.8) is 0 Å². The van der Waals surface area contributed by atoms with Crippen LogP contribution in [0, 0.1) is 12.7 Å². The summed E-state index contributed by atoms with van der Waals surface area (Å²) < 4.78 is 20.0. The van der Waals surface area contributed by atoms with Crippen molar-refractivity contribution in [2.75, 3.05) is 32.8 Å². The van der Waals surface area contributed by atoms with Gasteiger partial charge in [0, 0.05) is 18.7 Å². The van der Waals surface area contributed by atoms with Gasteiger partial charge in [-0.3, -0.25) is 4.79 Å². The highest BCUT2D eigenvalue weighted by Crippen LogP contribution is 2.32. The minimum absolute atomic E-state index is 0.0907. The third-order valence-corrected chi connectivity index (χ3v) is 5.82. The number of aryl methyl sites for hydroxylation is 1. The summed E-state index contributed by atoms with van der Waals surface area (Å²) in [7, 11) is 0. The molecule has 28 heavy (non-hydrogen) atoms. The minimum Gasteiger partial charge on any atom is -0.373 e. The number of amides is 1. The van der Waals surface area contributed by atoms with E-state index in [2.05, 4.69) is 17.0 Å². The first kappa shape index (κ1) is 19.1. The largest absolute Gasteiger partial charge is 0.373 e. The van der Waals surface area contributed by atoms with Gasteiger partial charge < -0.3 is 14.5 Å². The number of carbonyl (C=O) groups is 1. The van der Waals surface area contributed by atoms with E-state index in [9.17, 15) is 9.18 Å². The van der Waals surface area contributed by atoms with Crippen LogP contribution in [0.5, 0.6) is 0 Å². The van der Waals surface area contributed by atoms with Crippen LogP contribution in [-0.2, 0) is 4.74 Å². The fourth-order valence-corrected chi connectivity index (χ4v) is 4.36. The zero-order valence-electron chi connectivity index (χ0n) is 16.3. The number of hydrogen-bond donors (Lipinski definition) is 0. The van der Waals surface area contributed by atoms with Crippen LogP contribution in [0.3, 0.4) is 0 Å². The summed E-state index contributed by atoms with van der Waals surface area (Å²) in [5.74, 6) is -0.507. The highest BCUT2D eigenvalue weighted by Gasteiger charge is 2.38. The van der Waals surface area contributed by atoms with E-state index in [4.69, 9.17) is 4.74 Å². The predicted octanol–water partition coefficient (Wildman–Crippen LogP) is 3.81. The van der Waals surface area contributed by atoms with Crippen LogP contribution < -0.4 is 0 Å². The Balaban J connectivity index is 1.67. The summed E-state index contributed by atoms with van der Waals surface area (Å²) in [4.78, 5) is 17.7. The lowest BCUT2D eigenvalue weighted by Gasteiger charge is -2.43. The molecule has 0 aliphatic carbocycles. The van der Waals surface area contributed by atoms with Crippen LogP contribution in [0.2, 0.25) is 0 Å². The molecule has 0 saturated carbocycles. The van der Waals surface area contributed by atoms with Gasteiger partial charge in [0.1, 0.15) is 5.82 Å². The van der Waals surface area contributed by atoms with Crippen LogP contribution in [0.25, 0.3) is 0 Å². The number of nitrogens with zero attached hydrogens (tertiary/aromatic N) is 2. The third-order valence-electron chi connectivity index (χ3n) is 5.82. The van der Waals surface area contributed by atoms with Crippen molar-refractivity contribution < 1.29 is 13.9 Å². The monoisotopic (exact) mass is 382 g/mol. The van der Waals surface area contributed by atoms with E-state index >= 15 is 0 Å². The highest BCUT2D eigenvalue weighted by atomic mass is 19.1. The Morgan fingerprint density at radius 1 is 1.11 bits per heavy atom. The van der Waals surface area contributed by atoms with Gasteiger partial charge >= 0.3 is 0 Å². The minimum atomic E-state index is -0.382. The molecule has 2 aromatic rings. The zero-order chi connectivity index (χ0) is 19.5. The van der Waals surface area contributed by atoms with Crippen molar-refractivity contribution in [3.05, 3.63) is 71.0 Å². The first-order chi connectivity index (χ1) is 13.6. The normalized spacial score (nSPS) is 23.1. The molecule has 2 heterocycles. The van der Waals surface area contributed by atoms with Crippen molar-refractivity contribution in [2.45, 2.75) is 31.9 Å². The van der Waals surface area contributed by atoms with Crippen LogP contribution in [0.1, 0.15) is 40.4 Å². The van der Waals surface area contributed by atoms with Crippen molar-refractivity contribution in [2.24, 2.45) is 0 Å². The second kappa shape index (κ2) is 8.41. The summed E-state index contributed by atoms with van der Waals surface area (Å²) in [6.45, 7) is 5.83. The summed E-state index contributed by atoms with van der Waals surface area (Å²) in [5, 5.41) is 0. The molecule has 5 heteroatoms. The number of likely N-dealkylation sites (tertiary alicyclic amines) is 1. The van der Waals surface area contributed by atoms with Gasteiger partial charge in [-0.1, -0.05) is 36.4 Å². The fraction of sp³-hybridized carbons (Fsp3) is 0.435. The predicted molar refractivity (Wildman–Crippen MR) is 107 cm³/mol. The zero-order valence-corrected chi connectivity index (χ0v) is 16.3. The number of benzene rings is 2. The third kappa shape index (κ3) is 3.96. The molecule has 2 fully saturated rings. The van der Waals surface area contributed by atoms with Crippen molar-refractivity contribution in [1.82, 2.24) is 9.80 Å². The Kier molecular flexibility index (Phi) is 5.74. The van der Waals surface area contributed by atoms with Crippen LogP contribution in [0.15, 0.2) is 48.5 Å². The molecule has 0 bridgehead atoms. The second-order valence-corrected chi connectivity index (χ2v) is 7.73. The van der Waals surface area contributed by atoms with E-state index in [0.29, 0.717) is 18.7 Å². The van der Waals surface area contributed by atoms with E-state index < -0.39 is 0 Å². The Morgan fingerprint density at radius 3 is 2.61 bits per heavy atom. The van der Waals surface area contributed by atoms with E-state index in [1.807, 2.05) is 30.0 Å². The topological polar surface area (TPSA) is 32.8 Å². The van der Waals surface area contributed by atoms with Gasteiger partial charge in [-0.05, 0) is 56.1 Å². The van der Waals surface area contributed by atoms with Crippen LogP contribution in [-0.4, -0.2) is 54.6 Å². The summed E-state index contributed by atoms with van der Waals surface area (Å²) >= 11 is 0. The maximum absolute atomic E-state index is 13.8. The number of morpholine rings is 1. The Morgan fingerprint density at radius 2 is 1.86 bits per heavy atom. The maximum atomic E-state index is 13.8. The molecule has 0 unspecified atom stereocenters. The lowest BCUT2D eigenvalue weighted by atomic mass is 9.96. The Bertz CT molecular complexity index is 821. The quantitative estimate of drug-likeness (QED) is 0.806. The van der Waals surface area contributed by atoms with Gasteiger partial charge in [0.2, 0.25) is 0 Å². The number of rotatable bonds is 4. The first-order valence-electron chi connectivity index (χ1n) is 10.1. The Hall–Kier alpha value is -2.24. The van der Waals surface area contributed by atoms with E-state index in [0.717, 1.165) is 30.8 Å². The average Bonchev–Trinajstić information content (AvgIpc) is 3.23. The molecule has 2 saturated heterocycles.